The molecule has 0 N–H and O–H groups in total. The molecule has 0 heterocycles. The van der Waals surface area contributed by atoms with Crippen LogP contribution in [0.3, 0.4) is 0 Å². The third kappa shape index (κ3) is 2.92. The van der Waals surface area contributed by atoms with Crippen molar-refractivity contribution < 1.29 is 4.79 Å². The molecule has 0 saturated carbocycles. The van der Waals surface area contributed by atoms with Crippen LogP contribution in [0.15, 0.2) is 54.6 Å². The fraction of sp³-hybridized carbons (Fsp3) is 0.0714. The molecule has 2 aromatic carbocycles. The Kier molecular flexibility index (Phi) is 3.72. The van der Waals surface area contributed by atoms with E-state index in [9.17, 15) is 4.79 Å². The highest BCUT2D eigenvalue weighted by Gasteiger charge is 2.06. The molecule has 0 atom stereocenters. The summed E-state index contributed by atoms with van der Waals surface area (Å²) >= 11 is 2.26. The minimum absolute atomic E-state index is 0.169. The van der Waals surface area contributed by atoms with Gasteiger partial charge in [-0.05, 0) is 40.3 Å². The Labute approximate surface area is 109 Å². The van der Waals surface area contributed by atoms with Crippen LogP contribution in [-0.4, -0.2) is 5.78 Å². The van der Waals surface area contributed by atoms with E-state index in [4.69, 9.17) is 0 Å². The van der Waals surface area contributed by atoms with Crippen molar-refractivity contribution in [2.75, 3.05) is 0 Å². The molecule has 0 radical (unpaired) electrons. The minimum Gasteiger partial charge on any atom is -0.294 e. The van der Waals surface area contributed by atoms with Crippen molar-refractivity contribution in [2.45, 2.75) is 6.42 Å². The Morgan fingerprint density at radius 2 is 1.75 bits per heavy atom. The van der Waals surface area contributed by atoms with Gasteiger partial charge in [0.1, 0.15) is 0 Å². The zero-order valence-electron chi connectivity index (χ0n) is 8.69. The summed E-state index contributed by atoms with van der Waals surface area (Å²) in [6.45, 7) is 0. The lowest BCUT2D eigenvalue weighted by Crippen LogP contribution is -2.03. The summed E-state index contributed by atoms with van der Waals surface area (Å²) in [5, 5.41) is 0. The summed E-state index contributed by atoms with van der Waals surface area (Å²) in [4.78, 5) is 11.9. The molecule has 16 heavy (non-hydrogen) atoms. The predicted molar refractivity (Wildman–Crippen MR) is 73.6 cm³/mol. The number of hydrogen-bond acceptors (Lipinski definition) is 1. The average Bonchev–Trinajstić information content (AvgIpc) is 2.30. The van der Waals surface area contributed by atoms with Crippen LogP contribution in [0.4, 0.5) is 0 Å². The number of carbonyl (C=O) groups excluding carboxylic acids is 1. The third-order valence-corrected chi connectivity index (χ3v) is 3.02. The van der Waals surface area contributed by atoms with Gasteiger partial charge in [0, 0.05) is 15.6 Å². The molecule has 0 aromatic heterocycles. The molecular weight excluding hydrogens is 311 g/mol. The van der Waals surface area contributed by atoms with Crippen molar-refractivity contribution in [1.82, 2.24) is 0 Å². The number of Topliss-reactive ketones (excluding diaryl/α,β-unsaturated/α-hetero) is 1. The number of rotatable bonds is 3. The number of halogens is 1. The first-order chi connectivity index (χ1) is 7.75. The molecule has 0 aliphatic rings. The van der Waals surface area contributed by atoms with Crippen LogP contribution >= 0.6 is 22.6 Å². The van der Waals surface area contributed by atoms with Crippen molar-refractivity contribution in [3.63, 3.8) is 0 Å². The van der Waals surface area contributed by atoms with Gasteiger partial charge >= 0.3 is 0 Å². The Morgan fingerprint density at radius 3 is 2.44 bits per heavy atom. The van der Waals surface area contributed by atoms with Crippen LogP contribution in [0.5, 0.6) is 0 Å². The van der Waals surface area contributed by atoms with Crippen LogP contribution in [0.25, 0.3) is 0 Å². The van der Waals surface area contributed by atoms with E-state index < -0.39 is 0 Å². The van der Waals surface area contributed by atoms with Crippen molar-refractivity contribution in [1.29, 1.82) is 0 Å². The van der Waals surface area contributed by atoms with Gasteiger partial charge in [0.05, 0.1) is 0 Å². The maximum Gasteiger partial charge on any atom is 0.167 e. The maximum absolute atomic E-state index is 11.9. The zero-order chi connectivity index (χ0) is 11.4. The molecule has 0 aliphatic heterocycles. The van der Waals surface area contributed by atoms with Crippen molar-refractivity contribution in [2.24, 2.45) is 0 Å². The van der Waals surface area contributed by atoms with Crippen molar-refractivity contribution >= 4 is 28.4 Å². The van der Waals surface area contributed by atoms with Crippen LogP contribution in [-0.2, 0) is 6.42 Å². The van der Waals surface area contributed by atoms with Crippen LogP contribution in [0, 0.1) is 3.57 Å². The minimum atomic E-state index is 0.169. The Bertz CT molecular complexity index is 491. The van der Waals surface area contributed by atoms with E-state index in [-0.39, 0.29) is 5.78 Å². The normalized spacial score (nSPS) is 10.1. The van der Waals surface area contributed by atoms with Gasteiger partial charge in [0.15, 0.2) is 5.78 Å². The third-order valence-electron chi connectivity index (χ3n) is 2.35. The second-order valence-corrected chi connectivity index (χ2v) is 4.84. The zero-order valence-corrected chi connectivity index (χ0v) is 10.8. The van der Waals surface area contributed by atoms with Crippen molar-refractivity contribution in [3.05, 3.63) is 69.3 Å². The first-order valence-electron chi connectivity index (χ1n) is 5.08. The molecule has 0 amide bonds. The van der Waals surface area contributed by atoms with Gasteiger partial charge in [-0.2, -0.15) is 0 Å². The lowest BCUT2D eigenvalue weighted by Gasteiger charge is -2.01. The van der Waals surface area contributed by atoms with Gasteiger partial charge in [-0.1, -0.05) is 42.5 Å². The second-order valence-electron chi connectivity index (χ2n) is 3.60. The van der Waals surface area contributed by atoms with E-state index in [2.05, 4.69) is 22.6 Å². The summed E-state index contributed by atoms with van der Waals surface area (Å²) in [6.07, 6.45) is 0.473. The van der Waals surface area contributed by atoms with Gasteiger partial charge < -0.3 is 0 Å². The molecule has 0 unspecified atom stereocenters. The molecule has 0 bridgehead atoms. The fourth-order valence-electron chi connectivity index (χ4n) is 1.56. The van der Waals surface area contributed by atoms with Gasteiger partial charge in [0.25, 0.3) is 0 Å². The summed E-state index contributed by atoms with van der Waals surface area (Å²) in [5.41, 5.74) is 1.85. The Hall–Kier alpha value is -1.16. The predicted octanol–water partition coefficient (Wildman–Crippen LogP) is 3.72. The first kappa shape index (κ1) is 11.3. The van der Waals surface area contributed by atoms with E-state index in [1.165, 1.54) is 0 Å². The highest BCUT2D eigenvalue weighted by molar-refractivity contribution is 14.1. The van der Waals surface area contributed by atoms with Gasteiger partial charge in [-0.25, -0.2) is 0 Å². The topological polar surface area (TPSA) is 17.1 Å². The highest BCUT2D eigenvalue weighted by Crippen LogP contribution is 2.11. The molecule has 2 aromatic rings. The summed E-state index contributed by atoms with van der Waals surface area (Å²) in [7, 11) is 0. The van der Waals surface area contributed by atoms with Gasteiger partial charge in [-0.3, -0.25) is 4.79 Å². The quantitative estimate of drug-likeness (QED) is 0.622. The summed E-state index contributed by atoms with van der Waals surface area (Å²) in [6, 6.07) is 17.5. The average molecular weight is 322 g/mol. The molecule has 0 saturated heterocycles. The van der Waals surface area contributed by atoms with E-state index in [0.29, 0.717) is 6.42 Å². The van der Waals surface area contributed by atoms with Crippen LogP contribution in [0.2, 0.25) is 0 Å². The monoisotopic (exact) mass is 322 g/mol. The van der Waals surface area contributed by atoms with E-state index >= 15 is 0 Å². The number of ketones is 1. The molecule has 0 fully saturated rings. The lowest BCUT2D eigenvalue weighted by atomic mass is 10.0. The summed E-state index contributed by atoms with van der Waals surface area (Å²) in [5.74, 6) is 0.169. The first-order valence-corrected chi connectivity index (χ1v) is 6.16. The van der Waals surface area contributed by atoms with Crippen LogP contribution < -0.4 is 0 Å². The molecule has 2 heteroatoms. The molecule has 1 nitrogen and oxygen atoms in total. The standard InChI is InChI=1S/C14H11IO/c15-13-8-4-5-11(9-13)10-14(16)12-6-2-1-3-7-12/h1-9H,10H2. The molecule has 2 rings (SSSR count). The number of benzene rings is 2. The maximum atomic E-state index is 11.9. The summed E-state index contributed by atoms with van der Waals surface area (Å²) < 4.78 is 1.16. The van der Waals surface area contributed by atoms with Gasteiger partial charge in [-0.15, -0.1) is 0 Å². The van der Waals surface area contributed by atoms with Crippen molar-refractivity contribution in [3.8, 4) is 0 Å². The lowest BCUT2D eigenvalue weighted by molar-refractivity contribution is 0.0993. The molecule has 0 spiro atoms. The van der Waals surface area contributed by atoms with Crippen LogP contribution in [0.1, 0.15) is 15.9 Å². The fourth-order valence-corrected chi connectivity index (χ4v) is 2.17. The molecule has 0 aliphatic carbocycles. The molecule has 80 valence electrons. The van der Waals surface area contributed by atoms with Gasteiger partial charge in [0.2, 0.25) is 0 Å². The Morgan fingerprint density at radius 1 is 1.00 bits per heavy atom. The number of hydrogen-bond donors (Lipinski definition) is 0. The van der Waals surface area contributed by atoms with E-state index in [1.54, 1.807) is 0 Å². The Balaban J connectivity index is 2.14. The highest BCUT2D eigenvalue weighted by atomic mass is 127. The molecular formula is C14H11IO. The smallest absolute Gasteiger partial charge is 0.167 e. The SMILES string of the molecule is O=C(Cc1cccc(I)c1)c1ccccc1. The second kappa shape index (κ2) is 5.25. The largest absolute Gasteiger partial charge is 0.294 e. The van der Waals surface area contributed by atoms with E-state index in [1.807, 2.05) is 54.6 Å². The number of carbonyl (C=O) groups is 1. The van der Waals surface area contributed by atoms with E-state index in [0.717, 1.165) is 14.7 Å².